The Hall–Kier alpha value is -2.12. The van der Waals surface area contributed by atoms with Gasteiger partial charge in [-0.05, 0) is 44.8 Å². The van der Waals surface area contributed by atoms with E-state index in [1.165, 1.54) is 32.7 Å². The van der Waals surface area contributed by atoms with Gasteiger partial charge in [-0.15, -0.1) is 0 Å². The molecule has 0 aliphatic rings. The SMILES string of the molecule is Brc1ccc(-c2cccc3ccc4ccccc4c23)cc1. The molecule has 4 aromatic rings. The van der Waals surface area contributed by atoms with Gasteiger partial charge in [-0.3, -0.25) is 0 Å². The van der Waals surface area contributed by atoms with Crippen molar-refractivity contribution in [3.05, 3.63) is 83.3 Å². The third-order valence-corrected chi connectivity index (χ3v) is 4.45. The maximum atomic E-state index is 3.51. The van der Waals surface area contributed by atoms with Crippen molar-refractivity contribution in [2.75, 3.05) is 0 Å². The van der Waals surface area contributed by atoms with Crippen LogP contribution in [0.25, 0.3) is 32.7 Å². The van der Waals surface area contributed by atoms with Gasteiger partial charge in [-0.1, -0.05) is 82.7 Å². The maximum Gasteiger partial charge on any atom is 0.0175 e. The van der Waals surface area contributed by atoms with Crippen LogP contribution >= 0.6 is 15.9 Å². The van der Waals surface area contributed by atoms with Crippen molar-refractivity contribution < 1.29 is 0 Å². The average molecular weight is 333 g/mol. The van der Waals surface area contributed by atoms with Crippen LogP contribution in [-0.4, -0.2) is 0 Å². The minimum Gasteiger partial charge on any atom is -0.0616 e. The van der Waals surface area contributed by atoms with E-state index in [2.05, 4.69) is 94.8 Å². The fourth-order valence-corrected chi connectivity index (χ4v) is 3.19. The summed E-state index contributed by atoms with van der Waals surface area (Å²) in [4.78, 5) is 0. The van der Waals surface area contributed by atoms with E-state index in [-0.39, 0.29) is 0 Å². The summed E-state index contributed by atoms with van der Waals surface area (Å²) in [6.07, 6.45) is 0. The highest BCUT2D eigenvalue weighted by molar-refractivity contribution is 9.10. The largest absolute Gasteiger partial charge is 0.0616 e. The summed E-state index contributed by atoms with van der Waals surface area (Å²) in [5.41, 5.74) is 2.54. The summed E-state index contributed by atoms with van der Waals surface area (Å²) >= 11 is 3.51. The molecule has 0 fully saturated rings. The number of rotatable bonds is 1. The first-order valence-electron chi connectivity index (χ1n) is 6.99. The van der Waals surface area contributed by atoms with Gasteiger partial charge >= 0.3 is 0 Å². The molecule has 0 aromatic heterocycles. The second-order valence-electron chi connectivity index (χ2n) is 5.20. The molecule has 0 saturated heterocycles. The Balaban J connectivity index is 2.13. The zero-order valence-corrected chi connectivity index (χ0v) is 13.0. The first-order chi connectivity index (χ1) is 10.3. The van der Waals surface area contributed by atoms with Crippen molar-refractivity contribution in [1.29, 1.82) is 0 Å². The van der Waals surface area contributed by atoms with E-state index in [0.717, 1.165) is 4.47 Å². The van der Waals surface area contributed by atoms with Crippen LogP contribution in [0.3, 0.4) is 0 Å². The molecule has 0 spiro atoms. The highest BCUT2D eigenvalue weighted by Gasteiger charge is 2.07. The molecule has 0 heterocycles. The van der Waals surface area contributed by atoms with Gasteiger partial charge in [-0.25, -0.2) is 0 Å². The smallest absolute Gasteiger partial charge is 0.0175 e. The van der Waals surface area contributed by atoms with Gasteiger partial charge in [0.15, 0.2) is 0 Å². The van der Waals surface area contributed by atoms with Gasteiger partial charge in [0.1, 0.15) is 0 Å². The van der Waals surface area contributed by atoms with Crippen LogP contribution in [0, 0.1) is 0 Å². The number of fused-ring (bicyclic) bond motifs is 3. The Morgan fingerprint density at radius 1 is 0.571 bits per heavy atom. The van der Waals surface area contributed by atoms with E-state index in [4.69, 9.17) is 0 Å². The van der Waals surface area contributed by atoms with Crippen LogP contribution < -0.4 is 0 Å². The van der Waals surface area contributed by atoms with Crippen molar-refractivity contribution >= 4 is 37.5 Å². The fourth-order valence-electron chi connectivity index (χ4n) is 2.93. The molecule has 0 unspecified atom stereocenters. The van der Waals surface area contributed by atoms with Crippen molar-refractivity contribution in [2.24, 2.45) is 0 Å². The van der Waals surface area contributed by atoms with Crippen LogP contribution in [0.1, 0.15) is 0 Å². The van der Waals surface area contributed by atoms with Crippen molar-refractivity contribution in [3.8, 4) is 11.1 Å². The normalized spacial score (nSPS) is 11.1. The molecule has 4 rings (SSSR count). The average Bonchev–Trinajstić information content (AvgIpc) is 2.55. The van der Waals surface area contributed by atoms with Crippen LogP contribution in [-0.2, 0) is 0 Å². The lowest BCUT2D eigenvalue weighted by Crippen LogP contribution is -1.83. The summed E-state index contributed by atoms with van der Waals surface area (Å²) in [7, 11) is 0. The van der Waals surface area contributed by atoms with Crippen LogP contribution in [0.5, 0.6) is 0 Å². The summed E-state index contributed by atoms with van der Waals surface area (Å²) in [6, 6.07) is 28.0. The highest BCUT2D eigenvalue weighted by Crippen LogP contribution is 2.34. The molecule has 0 aliphatic heterocycles. The molecular weight excluding hydrogens is 320 g/mol. The van der Waals surface area contributed by atoms with E-state index < -0.39 is 0 Å². The first-order valence-corrected chi connectivity index (χ1v) is 7.79. The zero-order valence-electron chi connectivity index (χ0n) is 11.4. The second kappa shape index (κ2) is 5.01. The van der Waals surface area contributed by atoms with Crippen molar-refractivity contribution in [3.63, 3.8) is 0 Å². The number of hydrogen-bond donors (Lipinski definition) is 0. The summed E-state index contributed by atoms with van der Waals surface area (Å²) in [5, 5.41) is 5.22. The Morgan fingerprint density at radius 3 is 2.14 bits per heavy atom. The molecular formula is C20H13Br. The minimum atomic E-state index is 1.11. The molecule has 0 bridgehead atoms. The molecule has 4 aromatic carbocycles. The monoisotopic (exact) mass is 332 g/mol. The van der Waals surface area contributed by atoms with Gasteiger partial charge in [0.25, 0.3) is 0 Å². The van der Waals surface area contributed by atoms with Crippen LogP contribution in [0.15, 0.2) is 83.3 Å². The standard InChI is InChI=1S/C20H13Br/c21-17-12-10-15(11-13-17)19-7-3-5-16-9-8-14-4-1-2-6-18(14)20(16)19/h1-13H. The number of hydrogen-bond acceptors (Lipinski definition) is 0. The summed E-state index contributed by atoms with van der Waals surface area (Å²) in [5.74, 6) is 0. The molecule has 21 heavy (non-hydrogen) atoms. The third kappa shape index (κ3) is 2.14. The molecule has 0 N–H and O–H groups in total. The molecule has 0 atom stereocenters. The quantitative estimate of drug-likeness (QED) is 0.352. The van der Waals surface area contributed by atoms with Crippen molar-refractivity contribution in [1.82, 2.24) is 0 Å². The molecule has 0 radical (unpaired) electrons. The minimum absolute atomic E-state index is 1.11. The fraction of sp³-hybridized carbons (Fsp3) is 0. The van der Waals surface area contributed by atoms with E-state index in [1.54, 1.807) is 0 Å². The Labute approximate surface area is 132 Å². The van der Waals surface area contributed by atoms with Gasteiger partial charge in [-0.2, -0.15) is 0 Å². The van der Waals surface area contributed by atoms with Gasteiger partial charge < -0.3 is 0 Å². The lowest BCUT2D eigenvalue weighted by atomic mass is 9.94. The van der Waals surface area contributed by atoms with Crippen LogP contribution in [0.2, 0.25) is 0 Å². The van der Waals surface area contributed by atoms with Gasteiger partial charge in [0, 0.05) is 4.47 Å². The number of benzene rings is 4. The van der Waals surface area contributed by atoms with E-state index in [0.29, 0.717) is 0 Å². The third-order valence-electron chi connectivity index (χ3n) is 3.92. The summed E-state index contributed by atoms with van der Waals surface area (Å²) < 4.78 is 1.11. The van der Waals surface area contributed by atoms with E-state index in [9.17, 15) is 0 Å². The lowest BCUT2D eigenvalue weighted by molar-refractivity contribution is 1.62. The predicted octanol–water partition coefficient (Wildman–Crippen LogP) is 6.42. The molecule has 1 heteroatoms. The topological polar surface area (TPSA) is 0 Å². The van der Waals surface area contributed by atoms with E-state index >= 15 is 0 Å². The zero-order chi connectivity index (χ0) is 14.2. The Bertz CT molecular complexity index is 937. The second-order valence-corrected chi connectivity index (χ2v) is 6.11. The van der Waals surface area contributed by atoms with Crippen molar-refractivity contribution in [2.45, 2.75) is 0 Å². The molecule has 0 nitrogen and oxygen atoms in total. The lowest BCUT2D eigenvalue weighted by Gasteiger charge is -2.10. The number of halogens is 1. The molecule has 0 aliphatic carbocycles. The maximum absolute atomic E-state index is 3.51. The Morgan fingerprint density at radius 2 is 1.29 bits per heavy atom. The molecule has 0 saturated carbocycles. The summed E-state index contributed by atoms with van der Waals surface area (Å²) in [6.45, 7) is 0. The molecule has 0 amide bonds. The van der Waals surface area contributed by atoms with Gasteiger partial charge in [0.05, 0.1) is 0 Å². The van der Waals surface area contributed by atoms with Crippen LogP contribution in [0.4, 0.5) is 0 Å². The first kappa shape index (κ1) is 12.6. The highest BCUT2D eigenvalue weighted by atomic mass is 79.9. The predicted molar refractivity (Wildman–Crippen MR) is 94.6 cm³/mol. The van der Waals surface area contributed by atoms with Gasteiger partial charge in [0.2, 0.25) is 0 Å². The molecule has 100 valence electrons. The van der Waals surface area contributed by atoms with E-state index in [1.807, 2.05) is 0 Å². The Kier molecular flexibility index (Phi) is 3.01.